The molecule has 0 bridgehead atoms. The quantitative estimate of drug-likeness (QED) is 0.0204. The van der Waals surface area contributed by atoms with Gasteiger partial charge in [0, 0.05) is 50.5 Å². The van der Waals surface area contributed by atoms with Crippen LogP contribution in [0.1, 0.15) is 144 Å². The molecule has 1 aromatic carbocycles. The number of ether oxygens (including phenoxy) is 2. The number of carbonyl (C=O) groups excluding carboxylic acids is 2. The summed E-state index contributed by atoms with van der Waals surface area (Å²) < 4.78 is 23.7. The summed E-state index contributed by atoms with van der Waals surface area (Å²) in [4.78, 5) is 78.6. The van der Waals surface area contributed by atoms with Crippen LogP contribution in [0.4, 0.5) is 4.79 Å². The number of amides is 2. The predicted octanol–water partition coefficient (Wildman–Crippen LogP) is 7.13. The highest BCUT2D eigenvalue weighted by atomic mass is 32.2. The molecule has 0 aliphatic rings. The zero-order valence-electron chi connectivity index (χ0n) is 39.0. The highest BCUT2D eigenvalue weighted by Gasteiger charge is 2.23. The number of hydrogen-bond donors (Lipinski definition) is 9. The molecular formula is C44H74N3O16PS. The van der Waals surface area contributed by atoms with Crippen LogP contribution in [0.5, 0.6) is 0 Å². The molecule has 372 valence electrons. The van der Waals surface area contributed by atoms with Gasteiger partial charge in [0.1, 0.15) is 24.3 Å². The first kappa shape index (κ1) is 66.9. The minimum atomic E-state index is -4.29. The minimum Gasteiger partial charge on any atom is -0.481 e. The third-order valence-corrected chi connectivity index (χ3v) is 8.73. The van der Waals surface area contributed by atoms with E-state index in [1.54, 1.807) is 20.8 Å². The molecule has 1 unspecified atom stereocenters. The average Bonchev–Trinajstić information content (AvgIpc) is 3.19. The lowest BCUT2D eigenvalue weighted by molar-refractivity contribution is -0.143. The van der Waals surface area contributed by atoms with Crippen molar-refractivity contribution in [1.29, 1.82) is 0 Å². The molecule has 65 heavy (non-hydrogen) atoms. The monoisotopic (exact) mass is 963 g/mol. The number of benzene rings is 1. The maximum absolute atomic E-state index is 11.3. The second-order valence-electron chi connectivity index (χ2n) is 14.7. The van der Waals surface area contributed by atoms with Gasteiger partial charge >= 0.3 is 37.8 Å². The Hall–Kier alpha value is -4.66. The number of phosphoric acid groups is 1. The number of carbonyl (C=O) groups is 6. The van der Waals surface area contributed by atoms with E-state index in [1.165, 1.54) is 65.2 Å². The van der Waals surface area contributed by atoms with Gasteiger partial charge in [0.05, 0.1) is 6.61 Å². The number of carboxylic acids is 4. The van der Waals surface area contributed by atoms with E-state index in [0.717, 1.165) is 12.0 Å². The predicted molar refractivity (Wildman–Crippen MR) is 249 cm³/mol. The standard InChI is InChI=1S/C18H28O2.C10H19NO4.C9H10O3.C5H9NO3.C2H8NO4PS/c1-2-3-4-5-6-7-8-9-10-11-12-13-14-15-16-17-18(19)20;1-5-6-7(8(12)13)11-9(14)15-10(2,3)4;10-9(11)7-12-6-8-4-2-1-3-5-8;1-3(5(8)9)6-4(2)7;3-1-2-9-7-8(4,5)6/h2-10,15-17H2,1H3,(H,19,20);7H,5-6H2,1-4H3,(H,11,14)(H,12,13);1-5H,6-7H2,(H,10,11);3H,1-2H3,(H,6,7)(H,8,9);1-3H2,(H2,4,5,6)/t;7-;;;/m.0.../s1. The molecule has 0 aliphatic heterocycles. The van der Waals surface area contributed by atoms with Gasteiger partial charge in [-0.2, -0.15) is 0 Å². The van der Waals surface area contributed by atoms with Crippen LogP contribution in [0.15, 0.2) is 30.3 Å². The van der Waals surface area contributed by atoms with Crippen LogP contribution in [0.3, 0.4) is 0 Å². The second kappa shape index (κ2) is 44.5. The molecule has 2 amide bonds. The zero-order chi connectivity index (χ0) is 50.5. The Labute approximate surface area is 389 Å². The van der Waals surface area contributed by atoms with Crippen molar-refractivity contribution in [3.63, 3.8) is 0 Å². The van der Waals surface area contributed by atoms with Crippen molar-refractivity contribution in [1.82, 2.24) is 10.6 Å². The first-order valence-corrected chi connectivity index (χ1v) is 23.7. The number of rotatable bonds is 25. The molecule has 0 saturated carbocycles. The largest absolute Gasteiger partial charge is 0.481 e. The van der Waals surface area contributed by atoms with Crippen molar-refractivity contribution in [2.45, 2.75) is 163 Å². The number of aliphatic carboxylic acids is 4. The van der Waals surface area contributed by atoms with E-state index < -0.39 is 55.5 Å². The third kappa shape index (κ3) is 61.5. The van der Waals surface area contributed by atoms with Gasteiger partial charge in [-0.1, -0.05) is 107 Å². The summed E-state index contributed by atoms with van der Waals surface area (Å²) in [5.74, 6) is 7.85. The van der Waals surface area contributed by atoms with Crippen LogP contribution in [0.2, 0.25) is 0 Å². The summed E-state index contributed by atoms with van der Waals surface area (Å²) in [6, 6.07) is 7.80. The molecule has 19 nitrogen and oxygen atoms in total. The van der Waals surface area contributed by atoms with Gasteiger partial charge in [-0.05, 0) is 64.4 Å². The van der Waals surface area contributed by atoms with Crippen molar-refractivity contribution >= 4 is 55.7 Å². The van der Waals surface area contributed by atoms with E-state index in [-0.39, 0.29) is 18.9 Å². The summed E-state index contributed by atoms with van der Waals surface area (Å²) in [5.41, 5.74) is 5.38. The Morgan fingerprint density at radius 3 is 1.74 bits per heavy atom. The Kier molecular flexibility index (Phi) is 45.9. The highest BCUT2D eigenvalue weighted by molar-refractivity contribution is 7.97. The summed E-state index contributed by atoms with van der Waals surface area (Å²) in [6.45, 7) is 12.4. The Morgan fingerprint density at radius 1 is 0.785 bits per heavy atom. The molecule has 0 aliphatic carbocycles. The van der Waals surface area contributed by atoms with Crippen LogP contribution >= 0.6 is 19.9 Å². The molecule has 2 atom stereocenters. The Bertz CT molecular complexity index is 1620. The lowest BCUT2D eigenvalue weighted by atomic mass is 10.1. The van der Waals surface area contributed by atoms with Crippen LogP contribution in [0, 0.1) is 23.7 Å². The van der Waals surface area contributed by atoms with E-state index in [2.05, 4.69) is 45.2 Å². The normalized spacial score (nSPS) is 11.0. The van der Waals surface area contributed by atoms with E-state index >= 15 is 0 Å². The number of alkyl carbamates (subject to hydrolysis) is 1. The molecule has 10 N–H and O–H groups in total. The second-order valence-corrected chi connectivity index (χ2v) is 16.9. The molecule has 0 spiro atoms. The van der Waals surface area contributed by atoms with Crippen LogP contribution in [-0.2, 0) is 48.6 Å². The summed E-state index contributed by atoms with van der Waals surface area (Å²) in [5, 5.41) is 38.2. The lowest BCUT2D eigenvalue weighted by Gasteiger charge is -2.21. The van der Waals surface area contributed by atoms with Crippen molar-refractivity contribution < 1.29 is 77.0 Å². The van der Waals surface area contributed by atoms with E-state index in [4.69, 9.17) is 45.4 Å². The lowest BCUT2D eigenvalue weighted by Crippen LogP contribution is -2.43. The molecule has 0 saturated heterocycles. The molecule has 1 aromatic rings. The summed E-state index contributed by atoms with van der Waals surface area (Å²) in [6.07, 6.45) is 13.3. The van der Waals surface area contributed by atoms with Gasteiger partial charge in [0.25, 0.3) is 0 Å². The van der Waals surface area contributed by atoms with Crippen molar-refractivity contribution in [2.75, 3.05) is 18.9 Å². The molecule has 0 heterocycles. The van der Waals surface area contributed by atoms with E-state index in [9.17, 15) is 33.3 Å². The highest BCUT2D eigenvalue weighted by Crippen LogP contribution is 2.40. The fourth-order valence-electron chi connectivity index (χ4n) is 4.24. The van der Waals surface area contributed by atoms with E-state index in [1.807, 2.05) is 37.3 Å². The van der Waals surface area contributed by atoms with E-state index in [0.29, 0.717) is 56.6 Å². The molecular weight excluding hydrogens is 890 g/mol. The van der Waals surface area contributed by atoms with Crippen LogP contribution in [-0.4, -0.2) is 103 Å². The molecule has 21 heteroatoms. The van der Waals surface area contributed by atoms with Crippen LogP contribution < -0.4 is 16.4 Å². The number of nitrogens with two attached hydrogens (primary N) is 1. The maximum Gasteiger partial charge on any atom is 0.480 e. The topological polar surface area (TPSA) is 319 Å². The van der Waals surface area contributed by atoms with Crippen molar-refractivity contribution in [3.8, 4) is 23.7 Å². The number of carboxylic acid groups (broad SMARTS) is 4. The third-order valence-electron chi connectivity index (χ3n) is 7.13. The molecule has 0 aromatic heterocycles. The fourth-order valence-corrected chi connectivity index (χ4v) is 5.18. The first-order valence-electron chi connectivity index (χ1n) is 21.2. The summed E-state index contributed by atoms with van der Waals surface area (Å²) >= 11 is 0.672. The smallest absolute Gasteiger partial charge is 0.480 e. The number of unbranched alkanes of at least 4 members (excludes halogenated alkanes) is 9. The summed E-state index contributed by atoms with van der Waals surface area (Å²) in [7, 11) is -4.29. The Balaban J connectivity index is -0.000000370. The Morgan fingerprint density at radius 2 is 1.32 bits per heavy atom. The fraction of sp³-hybridized carbons (Fsp3) is 0.636. The number of nitrogens with one attached hydrogen (secondary N) is 2. The van der Waals surface area contributed by atoms with Crippen LogP contribution in [0.25, 0.3) is 0 Å². The van der Waals surface area contributed by atoms with Crippen molar-refractivity contribution in [2.24, 2.45) is 5.73 Å². The van der Waals surface area contributed by atoms with Crippen molar-refractivity contribution in [3.05, 3.63) is 35.9 Å². The number of hydrogen-bond acceptors (Lipinski definition) is 12. The van der Waals surface area contributed by atoms with Gasteiger partial charge in [-0.25, -0.2) is 22.9 Å². The minimum absolute atomic E-state index is 0.195. The SMILES string of the molecule is CC(=O)NC(C)C(=O)O.CCCCCCCCCCC#CC#CCCCC(=O)O.CCC[C@H](NC(=O)OC(C)(C)C)C(=O)O.NCCSOP(=O)(O)O.O=C(O)COCc1ccccc1. The van der Waals surface area contributed by atoms with Gasteiger partial charge in [-0.15, -0.1) is 0 Å². The van der Waals surface area contributed by atoms with Gasteiger partial charge in [0.2, 0.25) is 5.91 Å². The first-order chi connectivity index (χ1) is 30.4. The van der Waals surface area contributed by atoms with Gasteiger partial charge in [0.15, 0.2) is 0 Å². The van der Waals surface area contributed by atoms with Gasteiger partial charge in [-0.3, -0.25) is 14.4 Å². The zero-order valence-corrected chi connectivity index (χ0v) is 40.7. The molecule has 0 radical (unpaired) electrons. The maximum atomic E-state index is 11.3. The molecule has 1 rings (SSSR count). The molecule has 0 fully saturated rings. The average molecular weight is 964 g/mol. The van der Waals surface area contributed by atoms with Gasteiger partial charge < -0.3 is 56.1 Å².